The molecule has 4 aromatic carbocycles. The van der Waals surface area contributed by atoms with E-state index in [2.05, 4.69) is 20.7 Å². The lowest BCUT2D eigenvalue weighted by atomic mass is 10.1. The first-order valence-corrected chi connectivity index (χ1v) is 17.1. The van der Waals surface area contributed by atoms with Crippen molar-refractivity contribution in [2.24, 2.45) is 5.11 Å². The van der Waals surface area contributed by atoms with Gasteiger partial charge in [0, 0.05) is 35.1 Å². The van der Waals surface area contributed by atoms with Crippen molar-refractivity contribution >= 4 is 52.8 Å². The molecular formula is C40H39N7O4. The molecule has 51 heavy (non-hydrogen) atoms. The van der Waals surface area contributed by atoms with E-state index in [1.807, 2.05) is 91.0 Å². The van der Waals surface area contributed by atoms with Gasteiger partial charge in [0.15, 0.2) is 0 Å². The molecule has 2 N–H and O–H groups in total. The van der Waals surface area contributed by atoms with E-state index in [1.54, 1.807) is 34.1 Å². The highest BCUT2D eigenvalue weighted by Gasteiger charge is 2.35. The number of hydrogen-bond donors (Lipinski definition) is 2. The number of hydrogen-bond acceptors (Lipinski definition) is 5. The molecule has 2 fully saturated rings. The van der Waals surface area contributed by atoms with Gasteiger partial charge in [-0.2, -0.15) is 0 Å². The number of carbonyl (C=O) groups excluding carboxylic acids is 4. The number of rotatable bonds is 11. The molecule has 2 aliphatic heterocycles. The molecule has 2 aliphatic rings. The zero-order chi connectivity index (χ0) is 35.6. The van der Waals surface area contributed by atoms with Crippen LogP contribution in [0.25, 0.3) is 22.6 Å². The average molecular weight is 682 g/mol. The van der Waals surface area contributed by atoms with Crippen molar-refractivity contribution in [3.05, 3.63) is 136 Å². The Labute approximate surface area is 296 Å². The molecule has 0 saturated carbocycles. The normalized spacial score (nSPS) is 16.9. The number of nitrogens with zero attached hydrogens (tertiary/aromatic N) is 5. The highest BCUT2D eigenvalue weighted by atomic mass is 16.2. The van der Waals surface area contributed by atoms with Crippen molar-refractivity contribution in [3.63, 3.8) is 0 Å². The Kier molecular flexibility index (Phi) is 11.2. The van der Waals surface area contributed by atoms with E-state index in [0.29, 0.717) is 43.0 Å². The summed E-state index contributed by atoms with van der Waals surface area (Å²) in [6.07, 6.45) is 7.11. The lowest BCUT2D eigenvalue weighted by Gasteiger charge is -2.24. The summed E-state index contributed by atoms with van der Waals surface area (Å²) in [5.74, 6) is -0.580. The van der Waals surface area contributed by atoms with E-state index in [0.717, 1.165) is 35.1 Å². The Bertz CT molecular complexity index is 1960. The van der Waals surface area contributed by atoms with E-state index < -0.39 is 12.1 Å². The highest BCUT2D eigenvalue weighted by Crippen LogP contribution is 2.24. The summed E-state index contributed by atoms with van der Waals surface area (Å²) in [5, 5.41) is 9.52. The van der Waals surface area contributed by atoms with Crippen LogP contribution in [-0.4, -0.2) is 58.6 Å². The summed E-state index contributed by atoms with van der Waals surface area (Å²) >= 11 is 0. The van der Waals surface area contributed by atoms with E-state index in [9.17, 15) is 19.2 Å². The minimum atomic E-state index is -0.552. The zero-order valence-corrected chi connectivity index (χ0v) is 28.2. The molecule has 0 radical (unpaired) electrons. The molecule has 0 spiro atoms. The van der Waals surface area contributed by atoms with Gasteiger partial charge in [-0.3, -0.25) is 19.2 Å². The minimum absolute atomic E-state index is 0.0361. The monoisotopic (exact) mass is 681 g/mol. The minimum Gasteiger partial charge on any atom is -0.330 e. The van der Waals surface area contributed by atoms with Gasteiger partial charge in [-0.15, -0.1) is 0 Å². The fourth-order valence-electron chi connectivity index (χ4n) is 6.60. The fourth-order valence-corrected chi connectivity index (χ4v) is 6.60. The molecule has 0 unspecified atom stereocenters. The molecule has 0 bridgehead atoms. The van der Waals surface area contributed by atoms with Gasteiger partial charge in [0.05, 0.1) is 12.8 Å². The van der Waals surface area contributed by atoms with Gasteiger partial charge >= 0.3 is 0 Å². The van der Waals surface area contributed by atoms with Crippen molar-refractivity contribution in [2.45, 2.75) is 50.6 Å². The number of anilines is 2. The Hall–Kier alpha value is -6.19. The molecule has 0 aromatic heterocycles. The fraction of sp³-hybridized carbons (Fsp3) is 0.250. The van der Waals surface area contributed by atoms with Crippen molar-refractivity contribution in [2.75, 3.05) is 23.7 Å². The molecule has 2 heterocycles. The molecule has 2 saturated heterocycles. The van der Waals surface area contributed by atoms with Crippen LogP contribution in [0.3, 0.4) is 0 Å². The number of nitrogens with one attached hydrogen (secondary N) is 2. The Morgan fingerprint density at radius 2 is 1.16 bits per heavy atom. The number of carbonyl (C=O) groups is 4. The maximum atomic E-state index is 13.2. The summed E-state index contributed by atoms with van der Waals surface area (Å²) in [6, 6.07) is 30.4. The first-order chi connectivity index (χ1) is 24.9. The van der Waals surface area contributed by atoms with Crippen molar-refractivity contribution in [1.29, 1.82) is 0 Å². The summed E-state index contributed by atoms with van der Waals surface area (Å²) in [7, 11) is 0. The predicted molar refractivity (Wildman–Crippen MR) is 198 cm³/mol. The van der Waals surface area contributed by atoms with Gasteiger partial charge in [0.2, 0.25) is 23.6 Å². The van der Waals surface area contributed by atoms with Gasteiger partial charge in [-0.25, -0.2) is 0 Å². The first kappa shape index (κ1) is 34.7. The summed E-state index contributed by atoms with van der Waals surface area (Å²) in [6.45, 7) is 1.10. The van der Waals surface area contributed by atoms with Crippen LogP contribution < -0.4 is 10.6 Å². The standard InChI is InChI=1S/C40H39N7O4/c41-45-44-34-10-4-9-31(25-34)27-38(49)47-24-6-12-36(47)40(51)43-33-21-17-29(18-22-33)14-13-28-15-19-32(20-16-28)42-39(50)35-11-5-23-46(35)37(48)26-30-7-2-1-3-8-30/h1-4,7-10,13-22,25,35-36H,5-6,11-12,23-24,26-27H2,(H,42,50)(H,43,51)/t35-,36-/m0/s1. The molecule has 2 atom stereocenters. The van der Waals surface area contributed by atoms with E-state index in [4.69, 9.17) is 5.53 Å². The molecule has 258 valence electrons. The van der Waals surface area contributed by atoms with E-state index in [1.165, 1.54) is 0 Å². The van der Waals surface area contributed by atoms with Gasteiger partial charge in [0.1, 0.15) is 12.1 Å². The second-order valence-corrected chi connectivity index (χ2v) is 12.7. The summed E-state index contributed by atoms with van der Waals surface area (Å²) in [4.78, 5) is 58.4. The second-order valence-electron chi connectivity index (χ2n) is 12.7. The maximum absolute atomic E-state index is 13.2. The number of benzene rings is 4. The van der Waals surface area contributed by atoms with Crippen molar-refractivity contribution in [1.82, 2.24) is 9.80 Å². The SMILES string of the molecule is [N-]=[N+]=Nc1cccc(CC(=O)N2CCC[C@H]2C(=O)Nc2ccc(C=Cc3ccc(NC(=O)[C@@H]4CCCN4C(=O)Cc4ccccc4)cc3)cc2)c1. The number of azide groups is 1. The topological polar surface area (TPSA) is 148 Å². The zero-order valence-electron chi connectivity index (χ0n) is 28.2. The van der Waals surface area contributed by atoms with Crippen LogP contribution in [-0.2, 0) is 32.0 Å². The van der Waals surface area contributed by atoms with Crippen LogP contribution in [0.15, 0.2) is 108 Å². The van der Waals surface area contributed by atoms with Crippen LogP contribution in [0.1, 0.15) is 47.9 Å². The van der Waals surface area contributed by atoms with Crippen LogP contribution in [0.2, 0.25) is 0 Å². The lowest BCUT2D eigenvalue weighted by Crippen LogP contribution is -2.43. The largest absolute Gasteiger partial charge is 0.330 e. The Morgan fingerprint density at radius 3 is 1.67 bits per heavy atom. The summed E-state index contributed by atoms with van der Waals surface area (Å²) < 4.78 is 0. The second kappa shape index (κ2) is 16.5. The Balaban J connectivity index is 0.985. The van der Waals surface area contributed by atoms with Gasteiger partial charge < -0.3 is 20.4 Å². The van der Waals surface area contributed by atoms with Crippen LogP contribution in [0, 0.1) is 0 Å². The molecule has 11 heteroatoms. The van der Waals surface area contributed by atoms with Crippen molar-refractivity contribution < 1.29 is 19.2 Å². The molecule has 11 nitrogen and oxygen atoms in total. The Morgan fingerprint density at radius 1 is 0.667 bits per heavy atom. The number of amides is 4. The van der Waals surface area contributed by atoms with Crippen LogP contribution >= 0.6 is 0 Å². The van der Waals surface area contributed by atoms with E-state index in [-0.39, 0.29) is 36.5 Å². The van der Waals surface area contributed by atoms with Crippen molar-refractivity contribution in [3.8, 4) is 0 Å². The third-order valence-corrected chi connectivity index (χ3v) is 9.20. The molecule has 4 aromatic rings. The highest BCUT2D eigenvalue weighted by molar-refractivity contribution is 5.99. The summed E-state index contributed by atoms with van der Waals surface area (Å²) in [5.41, 5.74) is 14.0. The third kappa shape index (κ3) is 9.09. The van der Waals surface area contributed by atoms with Gasteiger partial charge in [-0.1, -0.05) is 90.1 Å². The van der Waals surface area contributed by atoms with Gasteiger partial charge in [-0.05, 0) is 83.8 Å². The van der Waals surface area contributed by atoms with Gasteiger partial charge in [0.25, 0.3) is 0 Å². The third-order valence-electron chi connectivity index (χ3n) is 9.20. The van der Waals surface area contributed by atoms with Crippen LogP contribution in [0.5, 0.6) is 0 Å². The number of likely N-dealkylation sites (tertiary alicyclic amines) is 2. The molecular weight excluding hydrogens is 642 g/mol. The molecule has 6 rings (SSSR count). The average Bonchev–Trinajstić information content (AvgIpc) is 3.84. The van der Waals surface area contributed by atoms with E-state index >= 15 is 0 Å². The predicted octanol–water partition coefficient (Wildman–Crippen LogP) is 7.14. The quantitative estimate of drug-likeness (QED) is 0.0749. The molecule has 4 amide bonds. The lowest BCUT2D eigenvalue weighted by molar-refractivity contribution is -0.136. The van der Waals surface area contributed by atoms with Crippen LogP contribution in [0.4, 0.5) is 17.1 Å². The first-order valence-electron chi connectivity index (χ1n) is 17.1. The smallest absolute Gasteiger partial charge is 0.247 e. The molecule has 0 aliphatic carbocycles. The maximum Gasteiger partial charge on any atom is 0.247 e.